The number of hydrogen-bond donors (Lipinski definition) is 1. The second kappa shape index (κ2) is 5.52. The quantitative estimate of drug-likeness (QED) is 0.891. The largest absolute Gasteiger partial charge is 0.277 e. The van der Waals surface area contributed by atoms with Gasteiger partial charge in [-0.1, -0.05) is 0 Å². The Balaban J connectivity index is 2.39. The van der Waals surface area contributed by atoms with Crippen LogP contribution in [0.2, 0.25) is 0 Å². The summed E-state index contributed by atoms with van der Waals surface area (Å²) in [5, 5.41) is 8.64. The molecule has 0 aliphatic carbocycles. The summed E-state index contributed by atoms with van der Waals surface area (Å²) in [5.41, 5.74) is -0.0642. The minimum atomic E-state index is -3.86. The summed E-state index contributed by atoms with van der Waals surface area (Å²) in [6, 6.07) is 6.79. The van der Waals surface area contributed by atoms with Crippen molar-refractivity contribution in [2.75, 3.05) is 4.72 Å². The van der Waals surface area contributed by atoms with Gasteiger partial charge in [0.2, 0.25) is 0 Å². The van der Waals surface area contributed by atoms with Crippen LogP contribution in [0.4, 0.5) is 10.1 Å². The normalized spacial score (nSPS) is 11.1. The summed E-state index contributed by atoms with van der Waals surface area (Å²) in [6.07, 6.45) is 0. The Hall–Kier alpha value is -1.43. The monoisotopic (exact) mass is 374 g/mol. The van der Waals surface area contributed by atoms with Gasteiger partial charge >= 0.3 is 0 Å². The molecule has 2 rings (SSSR count). The SMILES string of the molecule is Cc1sc(Br)cc1S(=O)(=O)Nc1ccc(C#N)cc1F. The first-order chi connectivity index (χ1) is 9.33. The van der Waals surface area contributed by atoms with E-state index in [-0.39, 0.29) is 16.1 Å². The molecule has 0 unspecified atom stereocenters. The van der Waals surface area contributed by atoms with Crippen LogP contribution < -0.4 is 4.72 Å². The van der Waals surface area contributed by atoms with Gasteiger partial charge in [-0.2, -0.15) is 5.26 Å². The minimum Gasteiger partial charge on any atom is -0.277 e. The topological polar surface area (TPSA) is 70.0 Å². The van der Waals surface area contributed by atoms with Crippen molar-refractivity contribution in [2.24, 2.45) is 0 Å². The molecule has 4 nitrogen and oxygen atoms in total. The molecule has 1 heterocycles. The molecule has 1 N–H and O–H groups in total. The van der Waals surface area contributed by atoms with Crippen molar-refractivity contribution in [3.8, 4) is 6.07 Å². The van der Waals surface area contributed by atoms with Crippen LogP contribution in [0.3, 0.4) is 0 Å². The predicted octanol–water partition coefficient (Wildman–Crippen LogP) is 3.63. The highest BCUT2D eigenvalue weighted by molar-refractivity contribution is 9.11. The second-order valence-electron chi connectivity index (χ2n) is 3.88. The Morgan fingerprint density at radius 1 is 1.40 bits per heavy atom. The van der Waals surface area contributed by atoms with Crippen LogP contribution in [0.1, 0.15) is 10.4 Å². The summed E-state index contributed by atoms with van der Waals surface area (Å²) < 4.78 is 40.9. The van der Waals surface area contributed by atoms with Gasteiger partial charge in [0.05, 0.1) is 21.1 Å². The van der Waals surface area contributed by atoms with Crippen molar-refractivity contribution in [3.05, 3.63) is 44.3 Å². The molecule has 0 saturated heterocycles. The van der Waals surface area contributed by atoms with E-state index in [0.717, 1.165) is 6.07 Å². The molecule has 104 valence electrons. The highest BCUT2D eigenvalue weighted by atomic mass is 79.9. The van der Waals surface area contributed by atoms with E-state index >= 15 is 0 Å². The maximum Gasteiger partial charge on any atom is 0.263 e. The van der Waals surface area contributed by atoms with Gasteiger partial charge in [-0.05, 0) is 47.1 Å². The number of nitrogens with one attached hydrogen (secondary N) is 1. The standard InChI is InChI=1S/C12H8BrFN2O2S2/c1-7-11(5-12(13)19-7)20(17,18)16-10-3-2-8(6-15)4-9(10)14/h2-5,16H,1H3. The molecule has 2 aromatic rings. The average molecular weight is 375 g/mol. The van der Waals surface area contributed by atoms with Crippen molar-refractivity contribution < 1.29 is 12.8 Å². The van der Waals surface area contributed by atoms with Gasteiger partial charge < -0.3 is 0 Å². The fraction of sp³-hybridized carbons (Fsp3) is 0.0833. The fourth-order valence-electron chi connectivity index (χ4n) is 1.56. The number of anilines is 1. The summed E-state index contributed by atoms with van der Waals surface area (Å²) in [7, 11) is -3.86. The zero-order chi connectivity index (χ0) is 14.9. The third-order valence-electron chi connectivity index (χ3n) is 2.47. The molecule has 0 spiro atoms. The lowest BCUT2D eigenvalue weighted by Crippen LogP contribution is -2.14. The first-order valence-corrected chi connectivity index (χ1v) is 8.41. The van der Waals surface area contributed by atoms with Crippen LogP contribution in [0.25, 0.3) is 0 Å². The number of sulfonamides is 1. The van der Waals surface area contributed by atoms with Crippen molar-refractivity contribution in [2.45, 2.75) is 11.8 Å². The third-order valence-corrected chi connectivity index (χ3v) is 5.65. The first kappa shape index (κ1) is 15.0. The molecule has 20 heavy (non-hydrogen) atoms. The molecule has 1 aromatic carbocycles. The number of nitriles is 1. The zero-order valence-electron chi connectivity index (χ0n) is 10.1. The molecule has 0 radical (unpaired) electrons. The maximum atomic E-state index is 13.7. The van der Waals surface area contributed by atoms with E-state index in [2.05, 4.69) is 20.7 Å². The molecule has 0 bridgehead atoms. The van der Waals surface area contributed by atoms with E-state index in [1.807, 2.05) is 0 Å². The van der Waals surface area contributed by atoms with Crippen LogP contribution in [0, 0.1) is 24.1 Å². The number of thiophene rings is 1. The van der Waals surface area contributed by atoms with E-state index in [9.17, 15) is 12.8 Å². The number of nitrogens with zero attached hydrogens (tertiary/aromatic N) is 1. The molecule has 0 aliphatic rings. The molecular weight excluding hydrogens is 367 g/mol. The second-order valence-corrected chi connectivity index (χ2v) is 8.17. The van der Waals surface area contributed by atoms with Gasteiger partial charge in [0.25, 0.3) is 10.0 Å². The van der Waals surface area contributed by atoms with Gasteiger partial charge in [-0.15, -0.1) is 11.3 Å². The van der Waals surface area contributed by atoms with E-state index < -0.39 is 15.8 Å². The van der Waals surface area contributed by atoms with Gasteiger partial charge in [-0.25, -0.2) is 12.8 Å². The van der Waals surface area contributed by atoms with Gasteiger partial charge in [0.15, 0.2) is 0 Å². The van der Waals surface area contributed by atoms with Gasteiger partial charge in [0.1, 0.15) is 10.7 Å². The van der Waals surface area contributed by atoms with Crippen molar-refractivity contribution in [1.29, 1.82) is 5.26 Å². The average Bonchev–Trinajstić information content (AvgIpc) is 2.71. The van der Waals surface area contributed by atoms with Crippen molar-refractivity contribution in [1.82, 2.24) is 0 Å². The van der Waals surface area contributed by atoms with E-state index in [1.165, 1.54) is 29.5 Å². The Morgan fingerprint density at radius 2 is 2.10 bits per heavy atom. The summed E-state index contributed by atoms with van der Waals surface area (Å²) in [4.78, 5) is 0.691. The van der Waals surface area contributed by atoms with Crippen LogP contribution in [-0.4, -0.2) is 8.42 Å². The van der Waals surface area contributed by atoms with Crippen LogP contribution in [0.5, 0.6) is 0 Å². The molecule has 8 heteroatoms. The van der Waals surface area contributed by atoms with E-state index in [0.29, 0.717) is 8.66 Å². The van der Waals surface area contributed by atoms with Crippen LogP contribution in [-0.2, 0) is 10.0 Å². The molecule has 0 fully saturated rings. The predicted molar refractivity (Wildman–Crippen MR) is 78.7 cm³/mol. The molecule has 1 aromatic heterocycles. The van der Waals surface area contributed by atoms with Crippen molar-refractivity contribution in [3.63, 3.8) is 0 Å². The number of rotatable bonds is 3. The van der Waals surface area contributed by atoms with E-state index in [4.69, 9.17) is 5.26 Å². The maximum absolute atomic E-state index is 13.7. The molecule has 0 atom stereocenters. The van der Waals surface area contributed by atoms with Crippen LogP contribution in [0.15, 0.2) is 32.9 Å². The Morgan fingerprint density at radius 3 is 2.60 bits per heavy atom. The van der Waals surface area contributed by atoms with Crippen molar-refractivity contribution >= 4 is 43.0 Å². The Labute approximate surface area is 128 Å². The fourth-order valence-corrected chi connectivity index (χ4v) is 5.05. The first-order valence-electron chi connectivity index (χ1n) is 5.32. The number of halogens is 2. The highest BCUT2D eigenvalue weighted by Crippen LogP contribution is 2.31. The molecular formula is C12H8BrFN2O2S2. The molecule has 0 amide bonds. The summed E-state index contributed by atoms with van der Waals surface area (Å²) in [5.74, 6) is -0.792. The Kier molecular flexibility index (Phi) is 4.13. The number of benzene rings is 1. The lowest BCUT2D eigenvalue weighted by molar-refractivity contribution is 0.598. The summed E-state index contributed by atoms with van der Waals surface area (Å²) in [6.45, 7) is 1.67. The minimum absolute atomic E-state index is 0.0955. The van der Waals surface area contributed by atoms with Gasteiger partial charge in [-0.3, -0.25) is 4.72 Å². The lowest BCUT2D eigenvalue weighted by atomic mass is 10.2. The molecule has 0 saturated carbocycles. The Bertz CT molecular complexity index is 809. The lowest BCUT2D eigenvalue weighted by Gasteiger charge is -2.08. The highest BCUT2D eigenvalue weighted by Gasteiger charge is 2.21. The summed E-state index contributed by atoms with van der Waals surface area (Å²) >= 11 is 4.49. The van der Waals surface area contributed by atoms with Gasteiger partial charge in [0, 0.05) is 4.88 Å². The molecule has 0 aliphatic heterocycles. The third kappa shape index (κ3) is 3.00. The van der Waals surface area contributed by atoms with Crippen LogP contribution >= 0.6 is 27.3 Å². The zero-order valence-corrected chi connectivity index (χ0v) is 13.4. The van der Waals surface area contributed by atoms with E-state index in [1.54, 1.807) is 13.0 Å². The smallest absolute Gasteiger partial charge is 0.263 e. The number of aryl methyl sites for hydroxylation is 1. The number of hydrogen-bond acceptors (Lipinski definition) is 4.